The number of hydrogen-bond donors (Lipinski definition) is 1. The van der Waals surface area contributed by atoms with E-state index in [0.717, 1.165) is 12.1 Å². The number of aromatic nitrogens is 2. The van der Waals surface area contributed by atoms with Crippen molar-refractivity contribution in [3.05, 3.63) is 53.3 Å². The predicted octanol–water partition coefficient (Wildman–Crippen LogP) is 2.11. The second-order valence-corrected chi connectivity index (χ2v) is 5.01. The zero-order chi connectivity index (χ0) is 13.8. The van der Waals surface area contributed by atoms with E-state index in [4.69, 9.17) is 5.11 Å². The van der Waals surface area contributed by atoms with E-state index in [-0.39, 0.29) is 6.61 Å². The normalized spacial score (nSPS) is 12.9. The van der Waals surface area contributed by atoms with E-state index >= 15 is 0 Å². The van der Waals surface area contributed by atoms with Crippen LogP contribution in [0, 0.1) is 0 Å². The Morgan fingerprint density at radius 3 is 2.42 bits per heavy atom. The summed E-state index contributed by atoms with van der Waals surface area (Å²) < 4.78 is 1.83. The third-order valence-corrected chi connectivity index (χ3v) is 3.51. The van der Waals surface area contributed by atoms with Gasteiger partial charge >= 0.3 is 0 Å². The van der Waals surface area contributed by atoms with Crippen LogP contribution in [-0.2, 0) is 20.2 Å². The van der Waals surface area contributed by atoms with Crippen molar-refractivity contribution in [3.63, 3.8) is 0 Å². The van der Waals surface area contributed by atoms with Crippen LogP contribution in [0.2, 0.25) is 0 Å². The first-order valence-electron chi connectivity index (χ1n) is 6.47. The zero-order valence-corrected chi connectivity index (χ0v) is 11.7. The van der Waals surface area contributed by atoms with Crippen LogP contribution in [-0.4, -0.2) is 26.8 Å². The highest BCUT2D eigenvalue weighted by Gasteiger charge is 2.13. The molecule has 4 nitrogen and oxygen atoms in total. The van der Waals surface area contributed by atoms with Crippen molar-refractivity contribution in [1.29, 1.82) is 0 Å². The van der Waals surface area contributed by atoms with E-state index in [1.807, 2.05) is 30.1 Å². The van der Waals surface area contributed by atoms with E-state index in [1.165, 1.54) is 11.1 Å². The smallest absolute Gasteiger partial charge is 0.0681 e. The first-order chi connectivity index (χ1) is 9.10. The Labute approximate surface area is 114 Å². The number of aliphatic hydroxyl groups is 1. The van der Waals surface area contributed by atoms with Gasteiger partial charge in [-0.2, -0.15) is 5.10 Å². The summed E-state index contributed by atoms with van der Waals surface area (Å²) in [7, 11) is 4.04. The van der Waals surface area contributed by atoms with Crippen LogP contribution in [0.15, 0.2) is 36.7 Å². The van der Waals surface area contributed by atoms with Gasteiger partial charge in [0.25, 0.3) is 0 Å². The van der Waals surface area contributed by atoms with E-state index in [9.17, 15) is 0 Å². The van der Waals surface area contributed by atoms with Gasteiger partial charge in [-0.15, -0.1) is 0 Å². The molecule has 2 aromatic rings. The summed E-state index contributed by atoms with van der Waals surface area (Å²) >= 11 is 0. The lowest BCUT2D eigenvalue weighted by Gasteiger charge is -2.23. The van der Waals surface area contributed by atoms with Crippen molar-refractivity contribution in [2.45, 2.75) is 26.1 Å². The van der Waals surface area contributed by atoms with Gasteiger partial charge in [0.05, 0.1) is 12.8 Å². The Kier molecular flexibility index (Phi) is 4.35. The van der Waals surface area contributed by atoms with Gasteiger partial charge in [-0.05, 0) is 25.1 Å². The van der Waals surface area contributed by atoms with Gasteiger partial charge in [0.2, 0.25) is 0 Å². The molecule has 0 aliphatic heterocycles. The Bertz CT molecular complexity index is 518. The van der Waals surface area contributed by atoms with Crippen LogP contribution in [0.4, 0.5) is 0 Å². The fraction of sp³-hybridized carbons (Fsp3) is 0.400. The average molecular weight is 259 g/mol. The highest BCUT2D eigenvalue weighted by molar-refractivity contribution is 5.22. The minimum absolute atomic E-state index is 0.0994. The van der Waals surface area contributed by atoms with Gasteiger partial charge in [-0.25, -0.2) is 0 Å². The molecule has 0 aliphatic rings. The molecule has 0 saturated heterocycles. The minimum Gasteiger partial charge on any atom is -0.392 e. The fourth-order valence-electron chi connectivity index (χ4n) is 2.09. The molecule has 102 valence electrons. The third-order valence-electron chi connectivity index (χ3n) is 3.51. The van der Waals surface area contributed by atoms with E-state index < -0.39 is 0 Å². The second kappa shape index (κ2) is 5.99. The van der Waals surface area contributed by atoms with Crippen LogP contribution < -0.4 is 0 Å². The summed E-state index contributed by atoms with van der Waals surface area (Å²) in [4.78, 5) is 2.28. The number of nitrogens with zero attached hydrogens (tertiary/aromatic N) is 3. The average Bonchev–Trinajstić information content (AvgIpc) is 2.85. The predicted molar refractivity (Wildman–Crippen MR) is 75.5 cm³/mol. The lowest BCUT2D eigenvalue weighted by molar-refractivity contribution is 0.253. The summed E-state index contributed by atoms with van der Waals surface area (Å²) in [6, 6.07) is 8.40. The van der Waals surface area contributed by atoms with Crippen molar-refractivity contribution in [3.8, 4) is 0 Å². The number of benzene rings is 1. The fourth-order valence-corrected chi connectivity index (χ4v) is 2.09. The molecule has 19 heavy (non-hydrogen) atoms. The van der Waals surface area contributed by atoms with Gasteiger partial charge in [-0.1, -0.05) is 24.3 Å². The molecule has 0 radical (unpaired) electrons. The molecular formula is C15H21N3O. The first-order valence-corrected chi connectivity index (χ1v) is 6.47. The first kappa shape index (κ1) is 13.8. The minimum atomic E-state index is 0.0994. The van der Waals surface area contributed by atoms with Gasteiger partial charge in [-0.3, -0.25) is 9.58 Å². The lowest BCUT2D eigenvalue weighted by atomic mass is 10.1. The molecular weight excluding hydrogens is 238 g/mol. The maximum absolute atomic E-state index is 9.03. The van der Waals surface area contributed by atoms with Crippen molar-refractivity contribution in [1.82, 2.24) is 14.7 Å². The molecule has 1 aromatic carbocycles. The maximum atomic E-state index is 9.03. The molecule has 4 heteroatoms. The molecule has 1 unspecified atom stereocenters. The Balaban J connectivity index is 2.01. The molecule has 0 spiro atoms. The molecule has 2 rings (SSSR count). The van der Waals surface area contributed by atoms with Crippen molar-refractivity contribution < 1.29 is 5.11 Å². The largest absolute Gasteiger partial charge is 0.392 e. The molecule has 1 N–H and O–H groups in total. The zero-order valence-electron chi connectivity index (χ0n) is 11.7. The van der Waals surface area contributed by atoms with Crippen molar-refractivity contribution >= 4 is 0 Å². The summed E-state index contributed by atoms with van der Waals surface area (Å²) in [5.41, 5.74) is 3.42. The third kappa shape index (κ3) is 3.43. The maximum Gasteiger partial charge on any atom is 0.0681 e. The Morgan fingerprint density at radius 1 is 1.26 bits per heavy atom. The van der Waals surface area contributed by atoms with Gasteiger partial charge < -0.3 is 5.11 Å². The van der Waals surface area contributed by atoms with Crippen molar-refractivity contribution in [2.24, 2.45) is 7.05 Å². The highest BCUT2D eigenvalue weighted by Crippen LogP contribution is 2.20. The van der Waals surface area contributed by atoms with E-state index in [0.29, 0.717) is 6.04 Å². The van der Waals surface area contributed by atoms with Crippen LogP contribution in [0.3, 0.4) is 0 Å². The number of aliphatic hydroxyl groups excluding tert-OH is 1. The summed E-state index contributed by atoms with van der Waals surface area (Å²) in [5.74, 6) is 0. The van der Waals surface area contributed by atoms with Crippen LogP contribution in [0.25, 0.3) is 0 Å². The van der Waals surface area contributed by atoms with Gasteiger partial charge in [0, 0.05) is 31.4 Å². The molecule has 1 heterocycles. The summed E-state index contributed by atoms with van der Waals surface area (Å²) in [6.07, 6.45) is 3.96. The molecule has 0 bridgehead atoms. The number of aryl methyl sites for hydroxylation is 1. The molecule has 1 atom stereocenters. The van der Waals surface area contributed by atoms with Gasteiger partial charge in [0.15, 0.2) is 0 Å². The molecule has 0 fully saturated rings. The summed E-state index contributed by atoms with van der Waals surface area (Å²) in [5, 5.41) is 13.2. The Hall–Kier alpha value is -1.65. The van der Waals surface area contributed by atoms with E-state index in [2.05, 4.69) is 42.3 Å². The van der Waals surface area contributed by atoms with Crippen molar-refractivity contribution in [2.75, 3.05) is 7.05 Å². The quantitative estimate of drug-likeness (QED) is 0.894. The van der Waals surface area contributed by atoms with Crippen LogP contribution in [0.5, 0.6) is 0 Å². The van der Waals surface area contributed by atoms with E-state index in [1.54, 1.807) is 0 Å². The summed E-state index contributed by atoms with van der Waals surface area (Å²) in [6.45, 7) is 3.16. The van der Waals surface area contributed by atoms with Gasteiger partial charge in [0.1, 0.15) is 0 Å². The molecule has 0 saturated carbocycles. The number of rotatable bonds is 5. The topological polar surface area (TPSA) is 41.3 Å². The second-order valence-electron chi connectivity index (χ2n) is 5.01. The Morgan fingerprint density at radius 2 is 1.89 bits per heavy atom. The molecule has 0 aliphatic carbocycles. The van der Waals surface area contributed by atoms with Crippen LogP contribution in [0.1, 0.15) is 29.7 Å². The molecule has 1 aromatic heterocycles. The standard InChI is InChI=1S/C15H21N3O/c1-12(15-8-16-18(3)10-15)17(2)9-13-4-6-14(11-19)7-5-13/h4-8,10,12,19H,9,11H2,1-3H3. The highest BCUT2D eigenvalue weighted by atomic mass is 16.3. The lowest BCUT2D eigenvalue weighted by Crippen LogP contribution is -2.21. The molecule has 0 amide bonds. The number of hydrogen-bond acceptors (Lipinski definition) is 3. The SMILES string of the molecule is CC(c1cnn(C)c1)N(C)Cc1ccc(CO)cc1. The monoisotopic (exact) mass is 259 g/mol. The van der Waals surface area contributed by atoms with Crippen LogP contribution >= 0.6 is 0 Å².